The molecule has 0 unspecified atom stereocenters. The second kappa shape index (κ2) is 8.21. The minimum atomic E-state index is -0.526. The quantitative estimate of drug-likeness (QED) is 0.613. The Morgan fingerprint density at radius 2 is 1.84 bits per heavy atom. The molecule has 1 aliphatic rings. The zero-order valence-electron chi connectivity index (χ0n) is 18.5. The molecule has 0 N–H and O–H groups in total. The molecule has 1 atom stereocenters. The van der Waals surface area contributed by atoms with E-state index in [4.69, 9.17) is 9.72 Å². The van der Waals surface area contributed by atoms with Gasteiger partial charge < -0.3 is 19.1 Å². The third-order valence-corrected chi connectivity index (χ3v) is 5.46. The van der Waals surface area contributed by atoms with Crippen molar-refractivity contribution in [2.45, 2.75) is 45.9 Å². The number of hydrogen-bond acceptors (Lipinski definition) is 4. The van der Waals surface area contributed by atoms with Crippen LogP contribution in [0.4, 0.5) is 15.1 Å². The van der Waals surface area contributed by atoms with Crippen LogP contribution >= 0.6 is 0 Å². The Morgan fingerprint density at radius 3 is 2.55 bits per heavy atom. The summed E-state index contributed by atoms with van der Waals surface area (Å²) in [6.07, 6.45) is -0.292. The smallest absolute Gasteiger partial charge is 0.410 e. The first-order valence-electron chi connectivity index (χ1n) is 10.7. The highest BCUT2D eigenvalue weighted by molar-refractivity contribution is 5.79. The van der Waals surface area contributed by atoms with Crippen molar-refractivity contribution in [1.29, 1.82) is 0 Å². The number of anilines is 1. The van der Waals surface area contributed by atoms with Crippen LogP contribution in [0, 0.1) is 5.82 Å². The molecule has 1 saturated heterocycles. The molecule has 2 aromatic carbocycles. The highest BCUT2D eigenvalue weighted by Crippen LogP contribution is 2.27. The van der Waals surface area contributed by atoms with Crippen molar-refractivity contribution in [3.63, 3.8) is 0 Å². The summed E-state index contributed by atoms with van der Waals surface area (Å²) >= 11 is 0. The van der Waals surface area contributed by atoms with E-state index in [-0.39, 0.29) is 18.0 Å². The van der Waals surface area contributed by atoms with Crippen LogP contribution < -0.4 is 4.90 Å². The summed E-state index contributed by atoms with van der Waals surface area (Å²) in [7, 11) is 0. The zero-order valence-corrected chi connectivity index (χ0v) is 18.5. The van der Waals surface area contributed by atoms with Gasteiger partial charge in [-0.25, -0.2) is 14.2 Å². The summed E-state index contributed by atoms with van der Waals surface area (Å²) in [6, 6.07) is 14.7. The average Bonchev–Trinajstić information content (AvgIpc) is 3.07. The molecule has 6 nitrogen and oxygen atoms in total. The maximum atomic E-state index is 14.4. The molecule has 4 rings (SSSR count). The van der Waals surface area contributed by atoms with Crippen molar-refractivity contribution < 1.29 is 13.9 Å². The number of carbonyl (C=O) groups is 1. The molecule has 2 heterocycles. The standard InChI is InChI=1S/C24H29FN4O2/c1-17-15-27(13-14-28(17)23(30)31-24(2,3)4)22-26-20-11-7-8-12-21(20)29(22)16-18-9-5-6-10-19(18)25/h5-12,17H,13-16H2,1-4H3/t17-/m1/s1. The van der Waals surface area contributed by atoms with Gasteiger partial charge in [-0.2, -0.15) is 0 Å². The van der Waals surface area contributed by atoms with Crippen LogP contribution in [-0.4, -0.2) is 51.8 Å². The normalized spacial score (nSPS) is 17.3. The fraction of sp³-hybridized carbons (Fsp3) is 0.417. The Bertz CT molecular complexity index is 1090. The Kier molecular flexibility index (Phi) is 5.60. The minimum Gasteiger partial charge on any atom is -0.444 e. The number of fused-ring (bicyclic) bond motifs is 1. The van der Waals surface area contributed by atoms with Crippen molar-refractivity contribution in [3.05, 3.63) is 59.9 Å². The number of aromatic nitrogens is 2. The molecule has 0 bridgehead atoms. The second-order valence-electron chi connectivity index (χ2n) is 9.05. The number of carbonyl (C=O) groups excluding carboxylic acids is 1. The number of amides is 1. The van der Waals surface area contributed by atoms with E-state index in [1.807, 2.05) is 58.0 Å². The lowest BCUT2D eigenvalue weighted by atomic mass is 10.2. The summed E-state index contributed by atoms with van der Waals surface area (Å²) in [4.78, 5) is 21.4. The van der Waals surface area contributed by atoms with Gasteiger partial charge in [0.25, 0.3) is 0 Å². The maximum Gasteiger partial charge on any atom is 0.410 e. The molecule has 0 radical (unpaired) electrons. The first kappa shape index (κ1) is 21.2. The van der Waals surface area contributed by atoms with E-state index in [1.165, 1.54) is 6.07 Å². The fourth-order valence-corrected chi connectivity index (χ4v) is 3.99. The van der Waals surface area contributed by atoms with E-state index in [0.717, 1.165) is 17.0 Å². The maximum absolute atomic E-state index is 14.4. The van der Waals surface area contributed by atoms with E-state index in [0.29, 0.717) is 31.7 Å². The first-order valence-corrected chi connectivity index (χ1v) is 10.7. The van der Waals surface area contributed by atoms with Gasteiger partial charge in [0.15, 0.2) is 0 Å². The lowest BCUT2D eigenvalue weighted by Crippen LogP contribution is -2.55. The Labute approximate surface area is 182 Å². The summed E-state index contributed by atoms with van der Waals surface area (Å²) in [6.45, 7) is 9.82. The second-order valence-corrected chi connectivity index (χ2v) is 9.05. The van der Waals surface area contributed by atoms with Crippen molar-refractivity contribution in [3.8, 4) is 0 Å². The molecule has 7 heteroatoms. The monoisotopic (exact) mass is 424 g/mol. The van der Waals surface area contributed by atoms with Gasteiger partial charge in [-0.1, -0.05) is 30.3 Å². The fourth-order valence-electron chi connectivity index (χ4n) is 3.99. The number of piperazine rings is 1. The van der Waals surface area contributed by atoms with Crippen LogP contribution in [0.5, 0.6) is 0 Å². The molecule has 0 spiro atoms. The minimum absolute atomic E-state index is 0.0367. The summed E-state index contributed by atoms with van der Waals surface area (Å²) in [5.74, 6) is 0.564. The molecular weight excluding hydrogens is 395 g/mol. The Hall–Kier alpha value is -3.09. The van der Waals surface area contributed by atoms with Gasteiger partial charge in [-0.05, 0) is 45.9 Å². The summed E-state index contributed by atoms with van der Waals surface area (Å²) in [5.41, 5.74) is 1.92. The Morgan fingerprint density at radius 1 is 1.13 bits per heavy atom. The van der Waals surface area contributed by atoms with Crippen LogP contribution in [0.1, 0.15) is 33.3 Å². The van der Waals surface area contributed by atoms with Crippen LogP contribution in [0.25, 0.3) is 11.0 Å². The molecule has 0 saturated carbocycles. The van der Waals surface area contributed by atoms with E-state index in [1.54, 1.807) is 17.0 Å². The van der Waals surface area contributed by atoms with Gasteiger partial charge in [-0.15, -0.1) is 0 Å². The number of halogens is 1. The summed E-state index contributed by atoms with van der Waals surface area (Å²) in [5, 5.41) is 0. The number of hydrogen-bond donors (Lipinski definition) is 0. The van der Waals surface area contributed by atoms with E-state index in [9.17, 15) is 9.18 Å². The van der Waals surface area contributed by atoms with Gasteiger partial charge in [0.2, 0.25) is 5.95 Å². The van der Waals surface area contributed by atoms with E-state index >= 15 is 0 Å². The molecule has 164 valence electrons. The largest absolute Gasteiger partial charge is 0.444 e. The molecule has 1 aliphatic heterocycles. The first-order chi connectivity index (χ1) is 14.7. The lowest BCUT2D eigenvalue weighted by Gasteiger charge is -2.40. The number of nitrogens with zero attached hydrogens (tertiary/aromatic N) is 4. The molecule has 0 aliphatic carbocycles. The van der Waals surface area contributed by atoms with E-state index < -0.39 is 5.60 Å². The third kappa shape index (κ3) is 4.50. The van der Waals surface area contributed by atoms with Gasteiger partial charge in [0, 0.05) is 31.2 Å². The third-order valence-electron chi connectivity index (χ3n) is 5.46. The molecule has 1 amide bonds. The van der Waals surface area contributed by atoms with Crippen molar-refractivity contribution in [2.24, 2.45) is 0 Å². The number of ether oxygens (including phenoxy) is 1. The van der Waals surface area contributed by atoms with Crippen molar-refractivity contribution in [2.75, 3.05) is 24.5 Å². The molecule has 31 heavy (non-hydrogen) atoms. The van der Waals surface area contributed by atoms with Crippen molar-refractivity contribution >= 4 is 23.1 Å². The highest BCUT2D eigenvalue weighted by Gasteiger charge is 2.32. The molecule has 1 aromatic heterocycles. The number of rotatable bonds is 3. The zero-order chi connectivity index (χ0) is 22.2. The number of benzene rings is 2. The molecule has 1 fully saturated rings. The predicted molar refractivity (Wildman–Crippen MR) is 120 cm³/mol. The average molecular weight is 425 g/mol. The van der Waals surface area contributed by atoms with Crippen molar-refractivity contribution in [1.82, 2.24) is 14.5 Å². The lowest BCUT2D eigenvalue weighted by molar-refractivity contribution is 0.0158. The van der Waals surface area contributed by atoms with Gasteiger partial charge in [-0.3, -0.25) is 0 Å². The van der Waals surface area contributed by atoms with Crippen LogP contribution in [0.3, 0.4) is 0 Å². The highest BCUT2D eigenvalue weighted by atomic mass is 19.1. The number of para-hydroxylation sites is 2. The summed E-state index contributed by atoms with van der Waals surface area (Å²) < 4.78 is 22.0. The molecular formula is C24H29FN4O2. The van der Waals surface area contributed by atoms with Gasteiger partial charge >= 0.3 is 6.09 Å². The predicted octanol–water partition coefficient (Wildman–Crippen LogP) is 4.67. The molecule has 3 aromatic rings. The van der Waals surface area contributed by atoms with Crippen LogP contribution in [0.2, 0.25) is 0 Å². The SMILES string of the molecule is C[C@@H]1CN(c2nc3ccccc3n2Cc2ccccc2F)CCN1C(=O)OC(C)(C)C. The topological polar surface area (TPSA) is 50.6 Å². The van der Waals surface area contributed by atoms with Gasteiger partial charge in [0.1, 0.15) is 11.4 Å². The van der Waals surface area contributed by atoms with Crippen LogP contribution in [0.15, 0.2) is 48.5 Å². The van der Waals surface area contributed by atoms with Gasteiger partial charge in [0.05, 0.1) is 17.6 Å². The van der Waals surface area contributed by atoms with E-state index in [2.05, 4.69) is 9.47 Å². The number of imidazole rings is 1. The Balaban J connectivity index is 1.62. The van der Waals surface area contributed by atoms with Crippen LogP contribution in [-0.2, 0) is 11.3 Å².